The Labute approximate surface area is 150 Å². The summed E-state index contributed by atoms with van der Waals surface area (Å²) in [6, 6.07) is 5.98. The molecular weight excluding hydrogens is 316 g/mol. The van der Waals surface area contributed by atoms with Gasteiger partial charge >= 0.3 is 6.03 Å². The Morgan fingerprint density at radius 1 is 1.32 bits per heavy atom. The van der Waals surface area contributed by atoms with Crippen LogP contribution in [0.15, 0.2) is 18.2 Å². The number of aryl methyl sites for hydroxylation is 2. The van der Waals surface area contributed by atoms with Gasteiger partial charge in [-0.1, -0.05) is 6.07 Å². The number of ether oxygens (including phenoxy) is 1. The quantitative estimate of drug-likeness (QED) is 0.881. The van der Waals surface area contributed by atoms with Crippen molar-refractivity contribution < 1.29 is 14.6 Å². The molecule has 0 radical (unpaired) electrons. The number of anilines is 1. The molecule has 2 aliphatic rings. The summed E-state index contributed by atoms with van der Waals surface area (Å²) in [5.41, 5.74) is 3.17. The third-order valence-corrected chi connectivity index (χ3v) is 5.85. The van der Waals surface area contributed by atoms with E-state index in [2.05, 4.69) is 19.2 Å². The average Bonchev–Trinajstić information content (AvgIpc) is 2.59. The number of likely N-dealkylation sites (tertiary alicyclic amines) is 1. The molecule has 1 aromatic rings. The Kier molecular flexibility index (Phi) is 5.64. The van der Waals surface area contributed by atoms with Gasteiger partial charge in [-0.05, 0) is 75.1 Å². The van der Waals surface area contributed by atoms with Crippen LogP contribution in [0.2, 0.25) is 0 Å². The minimum atomic E-state index is -0.0880. The van der Waals surface area contributed by atoms with Gasteiger partial charge in [0.2, 0.25) is 0 Å². The van der Waals surface area contributed by atoms with E-state index < -0.39 is 0 Å². The van der Waals surface area contributed by atoms with Gasteiger partial charge in [0.05, 0.1) is 5.60 Å². The number of rotatable bonds is 3. The first-order chi connectivity index (χ1) is 12.0. The summed E-state index contributed by atoms with van der Waals surface area (Å²) in [5.74, 6) is 0.551. The summed E-state index contributed by atoms with van der Waals surface area (Å²) in [6.07, 6.45) is 4.69. The molecular formula is C20H30N2O3. The highest BCUT2D eigenvalue weighted by Gasteiger charge is 2.40. The third-order valence-electron chi connectivity index (χ3n) is 5.85. The summed E-state index contributed by atoms with van der Waals surface area (Å²) in [6.45, 7) is 6.61. The van der Waals surface area contributed by atoms with Crippen LogP contribution in [0.4, 0.5) is 10.5 Å². The van der Waals surface area contributed by atoms with Gasteiger partial charge in [0.15, 0.2) is 0 Å². The highest BCUT2D eigenvalue weighted by Crippen LogP contribution is 2.38. The average molecular weight is 346 g/mol. The van der Waals surface area contributed by atoms with Crippen LogP contribution in [0, 0.1) is 19.8 Å². The largest absolute Gasteiger partial charge is 0.396 e. The van der Waals surface area contributed by atoms with Crippen molar-refractivity contribution in [3.63, 3.8) is 0 Å². The summed E-state index contributed by atoms with van der Waals surface area (Å²) >= 11 is 0. The zero-order valence-corrected chi connectivity index (χ0v) is 15.4. The molecule has 1 spiro atoms. The topological polar surface area (TPSA) is 61.8 Å². The highest BCUT2D eigenvalue weighted by molar-refractivity contribution is 5.89. The van der Waals surface area contributed by atoms with Crippen molar-refractivity contribution in [3.05, 3.63) is 29.3 Å². The van der Waals surface area contributed by atoms with Crippen molar-refractivity contribution in [2.24, 2.45) is 5.92 Å². The highest BCUT2D eigenvalue weighted by atomic mass is 16.5. The summed E-state index contributed by atoms with van der Waals surface area (Å²) in [4.78, 5) is 14.4. The van der Waals surface area contributed by atoms with Crippen molar-refractivity contribution in [2.45, 2.75) is 51.6 Å². The van der Waals surface area contributed by atoms with Crippen molar-refractivity contribution in [3.8, 4) is 0 Å². The van der Waals surface area contributed by atoms with E-state index >= 15 is 0 Å². The molecule has 2 amide bonds. The molecule has 0 bridgehead atoms. The van der Waals surface area contributed by atoms with E-state index in [1.807, 2.05) is 23.1 Å². The number of carbonyl (C=O) groups is 1. The van der Waals surface area contributed by atoms with Crippen LogP contribution in [0.1, 0.15) is 43.2 Å². The number of nitrogens with one attached hydrogen (secondary N) is 1. The number of aliphatic hydroxyl groups is 1. The minimum Gasteiger partial charge on any atom is -0.396 e. The van der Waals surface area contributed by atoms with Crippen LogP contribution in [0.25, 0.3) is 0 Å². The monoisotopic (exact) mass is 346 g/mol. The zero-order chi connectivity index (χ0) is 17.9. The molecule has 5 heteroatoms. The number of carbonyl (C=O) groups excluding carboxylic acids is 1. The number of hydrogen-bond acceptors (Lipinski definition) is 3. The van der Waals surface area contributed by atoms with Gasteiger partial charge in [-0.15, -0.1) is 0 Å². The second-order valence-electron chi connectivity index (χ2n) is 7.62. The van der Waals surface area contributed by atoms with Gasteiger partial charge in [-0.3, -0.25) is 0 Å². The molecule has 3 rings (SSSR count). The van der Waals surface area contributed by atoms with Crippen LogP contribution < -0.4 is 5.32 Å². The lowest BCUT2D eigenvalue weighted by atomic mass is 9.78. The third kappa shape index (κ3) is 4.33. The van der Waals surface area contributed by atoms with E-state index in [1.54, 1.807) is 0 Å². The standard InChI is InChI=1S/C20H30N2O3/c1-15-3-4-18(13-16(15)2)21-19(24)22-9-7-20(8-10-22)14-17(5-11-23)6-12-25-20/h3-4,13,17,23H,5-12,14H2,1-2H3,(H,21,24). The maximum atomic E-state index is 12.5. The molecule has 0 aliphatic carbocycles. The van der Waals surface area contributed by atoms with Crippen molar-refractivity contribution in [1.29, 1.82) is 0 Å². The van der Waals surface area contributed by atoms with Crippen molar-refractivity contribution in [1.82, 2.24) is 4.90 Å². The molecule has 2 heterocycles. The Bertz CT molecular complexity index is 607. The van der Waals surface area contributed by atoms with E-state index in [-0.39, 0.29) is 18.2 Å². The molecule has 2 saturated heterocycles. The fraction of sp³-hybridized carbons (Fsp3) is 0.650. The number of benzene rings is 1. The number of aliphatic hydroxyl groups excluding tert-OH is 1. The maximum absolute atomic E-state index is 12.5. The van der Waals surface area contributed by atoms with Gasteiger partial charge in [-0.2, -0.15) is 0 Å². The van der Waals surface area contributed by atoms with Crippen LogP contribution in [-0.2, 0) is 4.74 Å². The molecule has 2 fully saturated rings. The zero-order valence-electron chi connectivity index (χ0n) is 15.4. The van der Waals surface area contributed by atoms with Crippen LogP contribution in [-0.4, -0.2) is 47.9 Å². The van der Waals surface area contributed by atoms with Crippen LogP contribution in [0.5, 0.6) is 0 Å². The van der Waals surface area contributed by atoms with Gasteiger partial charge < -0.3 is 20.1 Å². The SMILES string of the molecule is Cc1ccc(NC(=O)N2CCC3(CC2)CC(CCO)CCO3)cc1C. The fourth-order valence-corrected chi connectivity index (χ4v) is 4.05. The number of piperidine rings is 1. The van der Waals surface area contributed by atoms with E-state index in [0.29, 0.717) is 5.92 Å². The van der Waals surface area contributed by atoms with E-state index in [1.165, 1.54) is 11.1 Å². The molecule has 2 aliphatic heterocycles. The molecule has 5 nitrogen and oxygen atoms in total. The van der Waals surface area contributed by atoms with Gasteiger partial charge in [0.25, 0.3) is 0 Å². The normalized spacial score (nSPS) is 22.8. The molecule has 1 atom stereocenters. The van der Waals surface area contributed by atoms with E-state index in [0.717, 1.165) is 57.5 Å². The molecule has 138 valence electrons. The van der Waals surface area contributed by atoms with Crippen LogP contribution >= 0.6 is 0 Å². The predicted molar refractivity (Wildman–Crippen MR) is 98.9 cm³/mol. The Balaban J connectivity index is 1.54. The number of hydrogen-bond donors (Lipinski definition) is 2. The molecule has 1 aromatic carbocycles. The summed E-state index contributed by atoms with van der Waals surface area (Å²) in [7, 11) is 0. The van der Waals surface area contributed by atoms with Crippen LogP contribution in [0.3, 0.4) is 0 Å². The van der Waals surface area contributed by atoms with Gasteiger partial charge in [-0.25, -0.2) is 4.79 Å². The van der Waals surface area contributed by atoms with E-state index in [9.17, 15) is 9.90 Å². The molecule has 1 unspecified atom stereocenters. The molecule has 0 aromatic heterocycles. The molecule has 0 saturated carbocycles. The second-order valence-corrected chi connectivity index (χ2v) is 7.62. The Morgan fingerprint density at radius 2 is 2.08 bits per heavy atom. The first-order valence-corrected chi connectivity index (χ1v) is 9.39. The van der Waals surface area contributed by atoms with Gasteiger partial charge in [0, 0.05) is 32.0 Å². The van der Waals surface area contributed by atoms with Gasteiger partial charge in [0.1, 0.15) is 0 Å². The lowest BCUT2D eigenvalue weighted by molar-refractivity contribution is -0.124. The maximum Gasteiger partial charge on any atom is 0.321 e. The Hall–Kier alpha value is -1.59. The van der Waals surface area contributed by atoms with Crippen molar-refractivity contribution >= 4 is 11.7 Å². The molecule has 2 N–H and O–H groups in total. The van der Waals surface area contributed by atoms with E-state index in [4.69, 9.17) is 4.74 Å². The number of nitrogens with zero attached hydrogens (tertiary/aromatic N) is 1. The first-order valence-electron chi connectivity index (χ1n) is 9.39. The number of amides is 2. The minimum absolute atomic E-state index is 0.0270. The fourth-order valence-electron chi connectivity index (χ4n) is 4.05. The second kappa shape index (κ2) is 7.75. The lowest BCUT2D eigenvalue weighted by Crippen LogP contribution is -2.51. The first kappa shape index (κ1) is 18.2. The summed E-state index contributed by atoms with van der Waals surface area (Å²) in [5, 5.41) is 12.2. The lowest BCUT2D eigenvalue weighted by Gasteiger charge is -2.46. The Morgan fingerprint density at radius 3 is 2.76 bits per heavy atom. The predicted octanol–water partition coefficient (Wildman–Crippen LogP) is 3.48. The smallest absolute Gasteiger partial charge is 0.321 e. The molecule has 25 heavy (non-hydrogen) atoms. The summed E-state index contributed by atoms with van der Waals surface area (Å²) < 4.78 is 6.12. The number of urea groups is 1. The van der Waals surface area contributed by atoms with Crippen molar-refractivity contribution in [2.75, 3.05) is 31.6 Å².